The Morgan fingerprint density at radius 1 is 1.38 bits per heavy atom. The summed E-state index contributed by atoms with van der Waals surface area (Å²) in [6, 6.07) is 0. The van der Waals surface area contributed by atoms with E-state index in [2.05, 4.69) is 46.4 Å². The Bertz CT molecular complexity index is 231. The molecule has 0 aromatic heterocycles. The number of rotatable bonds is 2. The van der Waals surface area contributed by atoms with Crippen LogP contribution in [0.15, 0.2) is 0 Å². The SMILES string of the molecule is CCC1(C(C)C)CCN(C(C)(C)C)CC1F. The molecule has 1 rings (SSSR count). The van der Waals surface area contributed by atoms with E-state index in [0.717, 1.165) is 19.4 Å². The average Bonchev–Trinajstić information content (AvgIpc) is 2.16. The van der Waals surface area contributed by atoms with Crippen molar-refractivity contribution in [3.63, 3.8) is 0 Å². The largest absolute Gasteiger partial charge is 0.296 e. The molecule has 0 amide bonds. The third kappa shape index (κ3) is 2.42. The summed E-state index contributed by atoms with van der Waals surface area (Å²) < 4.78 is 14.5. The Morgan fingerprint density at radius 3 is 2.25 bits per heavy atom. The normalized spacial score (nSPS) is 33.4. The average molecular weight is 229 g/mol. The van der Waals surface area contributed by atoms with Gasteiger partial charge in [-0.1, -0.05) is 20.8 Å². The summed E-state index contributed by atoms with van der Waals surface area (Å²) in [5, 5.41) is 0. The van der Waals surface area contributed by atoms with Gasteiger partial charge in [-0.15, -0.1) is 0 Å². The maximum atomic E-state index is 14.5. The minimum atomic E-state index is -0.675. The van der Waals surface area contributed by atoms with Crippen LogP contribution in [0.2, 0.25) is 0 Å². The zero-order chi connectivity index (χ0) is 12.6. The second-order valence-corrected chi connectivity index (χ2v) is 6.58. The van der Waals surface area contributed by atoms with Gasteiger partial charge in [-0.25, -0.2) is 4.39 Å². The van der Waals surface area contributed by atoms with Gasteiger partial charge in [0.05, 0.1) is 0 Å². The van der Waals surface area contributed by atoms with Crippen LogP contribution in [0.1, 0.15) is 54.4 Å². The van der Waals surface area contributed by atoms with E-state index in [4.69, 9.17) is 0 Å². The predicted molar refractivity (Wildman–Crippen MR) is 68.4 cm³/mol. The van der Waals surface area contributed by atoms with E-state index < -0.39 is 6.17 Å². The van der Waals surface area contributed by atoms with E-state index in [1.165, 1.54) is 0 Å². The molecule has 16 heavy (non-hydrogen) atoms. The Kier molecular flexibility index (Phi) is 4.04. The minimum absolute atomic E-state index is 0.0816. The molecule has 0 aliphatic carbocycles. The van der Waals surface area contributed by atoms with Crippen molar-refractivity contribution in [2.75, 3.05) is 13.1 Å². The molecule has 1 heterocycles. The molecule has 0 bridgehead atoms. The van der Waals surface area contributed by atoms with E-state index in [-0.39, 0.29) is 11.0 Å². The quantitative estimate of drug-likeness (QED) is 0.694. The number of hydrogen-bond acceptors (Lipinski definition) is 1. The van der Waals surface area contributed by atoms with Crippen LogP contribution in [0.3, 0.4) is 0 Å². The van der Waals surface area contributed by atoms with Crippen LogP contribution < -0.4 is 0 Å². The smallest absolute Gasteiger partial charge is 0.119 e. The van der Waals surface area contributed by atoms with Gasteiger partial charge in [0.2, 0.25) is 0 Å². The topological polar surface area (TPSA) is 3.24 Å². The van der Waals surface area contributed by atoms with Gasteiger partial charge in [0.1, 0.15) is 6.17 Å². The van der Waals surface area contributed by atoms with Gasteiger partial charge < -0.3 is 0 Å². The van der Waals surface area contributed by atoms with Crippen molar-refractivity contribution in [2.45, 2.75) is 66.1 Å². The highest BCUT2D eigenvalue weighted by Crippen LogP contribution is 2.44. The molecule has 0 aromatic carbocycles. The summed E-state index contributed by atoms with van der Waals surface area (Å²) >= 11 is 0. The minimum Gasteiger partial charge on any atom is -0.296 e. The van der Waals surface area contributed by atoms with Crippen LogP contribution in [0, 0.1) is 11.3 Å². The first-order chi connectivity index (χ1) is 7.24. The Balaban J connectivity index is 2.79. The third-order valence-electron chi connectivity index (χ3n) is 4.61. The number of halogens is 1. The highest BCUT2D eigenvalue weighted by atomic mass is 19.1. The third-order valence-corrected chi connectivity index (χ3v) is 4.61. The van der Waals surface area contributed by atoms with Crippen molar-refractivity contribution >= 4 is 0 Å². The molecule has 0 N–H and O–H groups in total. The molecule has 1 aliphatic rings. The second kappa shape index (κ2) is 4.64. The first-order valence-corrected chi connectivity index (χ1v) is 6.63. The number of likely N-dealkylation sites (tertiary alicyclic amines) is 1. The van der Waals surface area contributed by atoms with Crippen molar-refractivity contribution in [1.82, 2.24) is 4.90 Å². The van der Waals surface area contributed by atoms with Gasteiger partial charge >= 0.3 is 0 Å². The molecule has 1 nitrogen and oxygen atoms in total. The molecule has 1 aliphatic heterocycles. The standard InChI is InChI=1S/C14H28FN/c1-7-14(11(2)3)8-9-16(10-12(14)15)13(4,5)6/h11-12H,7-10H2,1-6H3. The van der Waals surface area contributed by atoms with Gasteiger partial charge in [0, 0.05) is 17.5 Å². The van der Waals surface area contributed by atoms with Crippen molar-refractivity contribution in [1.29, 1.82) is 0 Å². The summed E-state index contributed by atoms with van der Waals surface area (Å²) in [5.74, 6) is 0.439. The number of hydrogen-bond donors (Lipinski definition) is 0. The van der Waals surface area contributed by atoms with E-state index >= 15 is 0 Å². The summed E-state index contributed by atoms with van der Waals surface area (Å²) in [6.45, 7) is 14.6. The fourth-order valence-corrected chi connectivity index (χ4v) is 3.03. The van der Waals surface area contributed by atoms with E-state index in [0.29, 0.717) is 12.5 Å². The molecule has 0 radical (unpaired) electrons. The first-order valence-electron chi connectivity index (χ1n) is 6.63. The summed E-state index contributed by atoms with van der Waals surface area (Å²) in [6.07, 6.45) is 1.29. The Morgan fingerprint density at radius 2 is 1.94 bits per heavy atom. The van der Waals surface area contributed by atoms with Gasteiger partial charge in [-0.2, -0.15) is 0 Å². The fourth-order valence-electron chi connectivity index (χ4n) is 3.03. The van der Waals surface area contributed by atoms with Crippen molar-refractivity contribution in [3.8, 4) is 0 Å². The molecule has 2 heteroatoms. The van der Waals surface area contributed by atoms with Crippen LogP contribution in [0.5, 0.6) is 0 Å². The lowest BCUT2D eigenvalue weighted by atomic mass is 9.66. The molecule has 1 saturated heterocycles. The molecule has 2 atom stereocenters. The van der Waals surface area contributed by atoms with Crippen molar-refractivity contribution in [3.05, 3.63) is 0 Å². The molecule has 2 unspecified atom stereocenters. The van der Waals surface area contributed by atoms with Crippen molar-refractivity contribution < 1.29 is 4.39 Å². The molecule has 1 fully saturated rings. The maximum Gasteiger partial charge on any atom is 0.119 e. The van der Waals surface area contributed by atoms with E-state index in [1.807, 2.05) is 0 Å². The lowest BCUT2D eigenvalue weighted by Crippen LogP contribution is -2.56. The lowest BCUT2D eigenvalue weighted by molar-refractivity contribution is -0.0550. The monoisotopic (exact) mass is 229 g/mol. The first kappa shape index (κ1) is 14.0. The highest BCUT2D eigenvalue weighted by Gasteiger charge is 2.45. The van der Waals surface area contributed by atoms with Crippen LogP contribution in [-0.2, 0) is 0 Å². The van der Waals surface area contributed by atoms with E-state index in [1.54, 1.807) is 0 Å². The molecular formula is C14H28FN. The van der Waals surface area contributed by atoms with Gasteiger partial charge in [-0.3, -0.25) is 4.90 Å². The second-order valence-electron chi connectivity index (χ2n) is 6.58. The molecule has 0 saturated carbocycles. The summed E-state index contributed by atoms with van der Waals surface area (Å²) in [4.78, 5) is 2.29. The summed E-state index contributed by atoms with van der Waals surface area (Å²) in [5.41, 5.74) is 0.0168. The van der Waals surface area contributed by atoms with Gasteiger partial charge in [0.15, 0.2) is 0 Å². The Labute approximate surface area is 100 Å². The molecular weight excluding hydrogens is 201 g/mol. The number of alkyl halides is 1. The van der Waals surface area contributed by atoms with Crippen LogP contribution in [0.25, 0.3) is 0 Å². The number of nitrogens with zero attached hydrogens (tertiary/aromatic N) is 1. The zero-order valence-corrected chi connectivity index (χ0v) is 11.8. The maximum absolute atomic E-state index is 14.5. The summed E-state index contributed by atoms with van der Waals surface area (Å²) in [7, 11) is 0. The van der Waals surface area contributed by atoms with Crippen molar-refractivity contribution in [2.24, 2.45) is 11.3 Å². The highest BCUT2D eigenvalue weighted by molar-refractivity contribution is 4.97. The Hall–Kier alpha value is -0.110. The van der Waals surface area contributed by atoms with Gasteiger partial charge in [0.25, 0.3) is 0 Å². The van der Waals surface area contributed by atoms with Crippen LogP contribution >= 0.6 is 0 Å². The van der Waals surface area contributed by atoms with E-state index in [9.17, 15) is 4.39 Å². The molecule has 0 spiro atoms. The van der Waals surface area contributed by atoms with Crippen LogP contribution in [-0.4, -0.2) is 29.7 Å². The number of piperidine rings is 1. The predicted octanol–water partition coefficient (Wildman–Crippen LogP) is 3.88. The van der Waals surface area contributed by atoms with Crippen LogP contribution in [0.4, 0.5) is 4.39 Å². The fraction of sp³-hybridized carbons (Fsp3) is 1.00. The molecule has 0 aromatic rings. The molecule has 96 valence electrons. The van der Waals surface area contributed by atoms with Gasteiger partial charge in [-0.05, 0) is 46.1 Å². The zero-order valence-electron chi connectivity index (χ0n) is 11.8. The lowest BCUT2D eigenvalue weighted by Gasteiger charge is -2.50.